The maximum absolute atomic E-state index is 5.56. The van der Waals surface area contributed by atoms with Crippen LogP contribution in [0.1, 0.15) is 5.56 Å². The van der Waals surface area contributed by atoms with Gasteiger partial charge in [0.05, 0.1) is 5.69 Å². The zero-order valence-corrected chi connectivity index (χ0v) is 8.08. The number of hydrogen-bond acceptors (Lipinski definition) is 3. The van der Waals surface area contributed by atoms with E-state index in [-0.39, 0.29) is 0 Å². The molecule has 12 heavy (non-hydrogen) atoms. The Morgan fingerprint density at radius 3 is 2.83 bits per heavy atom. The highest BCUT2D eigenvalue weighted by molar-refractivity contribution is 9.09. The van der Waals surface area contributed by atoms with Gasteiger partial charge in [0.2, 0.25) is 0 Å². The molecule has 0 bridgehead atoms. The second-order valence-electron chi connectivity index (χ2n) is 2.30. The third-order valence-electron chi connectivity index (χ3n) is 1.37. The van der Waals surface area contributed by atoms with Gasteiger partial charge in [-0.2, -0.15) is 0 Å². The van der Waals surface area contributed by atoms with Crippen molar-refractivity contribution in [1.29, 1.82) is 0 Å². The normalized spacial score (nSPS) is 10.8. The third kappa shape index (κ3) is 2.23. The van der Waals surface area contributed by atoms with Crippen LogP contribution in [0.25, 0.3) is 6.08 Å². The Hall–Kier alpha value is -1.03. The van der Waals surface area contributed by atoms with Crippen LogP contribution in [0.2, 0.25) is 0 Å². The predicted octanol–water partition coefficient (Wildman–Crippen LogP) is 1.65. The average molecular weight is 228 g/mol. The minimum Gasteiger partial charge on any atom is -0.396 e. The van der Waals surface area contributed by atoms with Gasteiger partial charge in [-0.25, -0.2) is 4.98 Å². The highest BCUT2D eigenvalue weighted by Crippen LogP contribution is 2.13. The molecule has 3 nitrogen and oxygen atoms in total. The van der Waals surface area contributed by atoms with Gasteiger partial charge in [0.25, 0.3) is 0 Å². The molecule has 0 unspecified atom stereocenters. The Labute approximate surface area is 79.6 Å². The number of allylic oxidation sites excluding steroid dienone is 1. The molecule has 4 N–H and O–H groups in total. The molecule has 0 amide bonds. The van der Waals surface area contributed by atoms with Crippen LogP contribution in [0.4, 0.5) is 11.5 Å². The number of nitrogens with zero attached hydrogens (tertiary/aromatic N) is 1. The van der Waals surface area contributed by atoms with E-state index in [9.17, 15) is 0 Å². The summed E-state index contributed by atoms with van der Waals surface area (Å²) in [5, 5.41) is 0.817. The van der Waals surface area contributed by atoms with Gasteiger partial charge < -0.3 is 11.5 Å². The highest BCUT2D eigenvalue weighted by Gasteiger charge is 1.94. The van der Waals surface area contributed by atoms with Gasteiger partial charge in [-0.3, -0.25) is 0 Å². The molecule has 0 aliphatic carbocycles. The Bertz CT molecular complexity index is 296. The lowest BCUT2D eigenvalue weighted by Gasteiger charge is -1.98. The minimum absolute atomic E-state index is 0.381. The summed E-state index contributed by atoms with van der Waals surface area (Å²) in [6, 6.07) is 1.79. The summed E-state index contributed by atoms with van der Waals surface area (Å²) in [4.78, 5) is 3.92. The molecule has 0 aliphatic heterocycles. The van der Waals surface area contributed by atoms with E-state index in [0.29, 0.717) is 11.5 Å². The lowest BCUT2D eigenvalue weighted by atomic mass is 10.2. The summed E-state index contributed by atoms with van der Waals surface area (Å²) in [5.41, 5.74) is 12.5. The molecule has 0 fully saturated rings. The fourth-order valence-corrected chi connectivity index (χ4v) is 0.968. The number of nitrogen functional groups attached to an aromatic ring is 2. The number of alkyl halides is 1. The highest BCUT2D eigenvalue weighted by atomic mass is 79.9. The van der Waals surface area contributed by atoms with E-state index in [4.69, 9.17) is 11.5 Å². The number of pyridine rings is 1. The molecule has 4 heteroatoms. The lowest BCUT2D eigenvalue weighted by molar-refractivity contribution is 1.33. The first-order chi connectivity index (χ1) is 5.74. The molecule has 0 saturated heterocycles. The Balaban J connectivity index is 2.89. The molecular formula is C8H10BrN3. The van der Waals surface area contributed by atoms with Gasteiger partial charge in [0.15, 0.2) is 0 Å². The summed E-state index contributed by atoms with van der Waals surface area (Å²) in [6.07, 6.45) is 5.58. The first-order valence-corrected chi connectivity index (χ1v) is 4.59. The van der Waals surface area contributed by atoms with Crippen molar-refractivity contribution in [3.8, 4) is 0 Å². The number of hydrogen-bond donors (Lipinski definition) is 2. The van der Waals surface area contributed by atoms with Crippen LogP contribution < -0.4 is 11.5 Å². The van der Waals surface area contributed by atoms with E-state index in [1.165, 1.54) is 0 Å². The fourth-order valence-electron chi connectivity index (χ4n) is 0.781. The largest absolute Gasteiger partial charge is 0.396 e. The van der Waals surface area contributed by atoms with Crippen molar-refractivity contribution in [2.45, 2.75) is 0 Å². The van der Waals surface area contributed by atoms with E-state index >= 15 is 0 Å². The lowest BCUT2D eigenvalue weighted by Crippen LogP contribution is -1.97. The van der Waals surface area contributed by atoms with Gasteiger partial charge in [-0.1, -0.05) is 28.1 Å². The SMILES string of the molecule is Nc1cc(C=CCBr)cnc1N. The Morgan fingerprint density at radius 2 is 2.25 bits per heavy atom. The van der Waals surface area contributed by atoms with Crippen LogP contribution in [0.15, 0.2) is 18.3 Å². The van der Waals surface area contributed by atoms with Crippen LogP contribution in [0, 0.1) is 0 Å². The molecule has 1 rings (SSSR count). The smallest absolute Gasteiger partial charge is 0.146 e. The molecule has 0 radical (unpaired) electrons. The van der Waals surface area contributed by atoms with Crippen molar-refractivity contribution in [3.05, 3.63) is 23.9 Å². The number of anilines is 2. The molecule has 64 valence electrons. The van der Waals surface area contributed by atoms with Crippen LogP contribution in [0.3, 0.4) is 0 Å². The molecule has 0 aromatic carbocycles. The quantitative estimate of drug-likeness (QED) is 0.756. The molecule has 0 atom stereocenters. The van der Waals surface area contributed by atoms with E-state index in [1.54, 1.807) is 12.3 Å². The monoisotopic (exact) mass is 227 g/mol. The van der Waals surface area contributed by atoms with Crippen LogP contribution in [0.5, 0.6) is 0 Å². The van der Waals surface area contributed by atoms with Crippen molar-refractivity contribution >= 4 is 33.5 Å². The molecular weight excluding hydrogens is 218 g/mol. The third-order valence-corrected chi connectivity index (χ3v) is 1.74. The first kappa shape index (κ1) is 9.06. The van der Waals surface area contributed by atoms with E-state index in [1.807, 2.05) is 12.2 Å². The number of rotatable bonds is 2. The van der Waals surface area contributed by atoms with Crippen molar-refractivity contribution < 1.29 is 0 Å². The molecule has 1 heterocycles. The van der Waals surface area contributed by atoms with E-state index in [2.05, 4.69) is 20.9 Å². The first-order valence-electron chi connectivity index (χ1n) is 3.47. The van der Waals surface area contributed by atoms with Gasteiger partial charge in [0, 0.05) is 11.5 Å². The van der Waals surface area contributed by atoms with Crippen molar-refractivity contribution in [2.24, 2.45) is 0 Å². The van der Waals surface area contributed by atoms with Gasteiger partial charge in [-0.05, 0) is 11.6 Å². The molecule has 0 spiro atoms. The van der Waals surface area contributed by atoms with Gasteiger partial charge in [0.1, 0.15) is 5.82 Å². The topological polar surface area (TPSA) is 64.9 Å². The molecule has 1 aromatic rings. The van der Waals surface area contributed by atoms with Crippen LogP contribution >= 0.6 is 15.9 Å². The van der Waals surface area contributed by atoms with Crippen molar-refractivity contribution in [2.75, 3.05) is 16.8 Å². The summed E-state index contributed by atoms with van der Waals surface area (Å²) < 4.78 is 0. The second-order valence-corrected chi connectivity index (χ2v) is 2.95. The predicted molar refractivity (Wildman–Crippen MR) is 55.9 cm³/mol. The zero-order chi connectivity index (χ0) is 8.97. The molecule has 0 aliphatic rings. The van der Waals surface area contributed by atoms with Gasteiger partial charge in [-0.15, -0.1) is 0 Å². The Kier molecular flexibility index (Phi) is 3.10. The summed E-state index contributed by atoms with van der Waals surface area (Å²) >= 11 is 3.28. The van der Waals surface area contributed by atoms with Crippen LogP contribution in [-0.4, -0.2) is 10.3 Å². The summed E-state index contributed by atoms with van der Waals surface area (Å²) in [7, 11) is 0. The molecule has 0 saturated carbocycles. The number of aromatic nitrogens is 1. The van der Waals surface area contributed by atoms with E-state index in [0.717, 1.165) is 10.9 Å². The van der Waals surface area contributed by atoms with Crippen molar-refractivity contribution in [1.82, 2.24) is 4.98 Å². The summed E-state index contributed by atoms with van der Waals surface area (Å²) in [5.74, 6) is 0.381. The van der Waals surface area contributed by atoms with Crippen molar-refractivity contribution in [3.63, 3.8) is 0 Å². The minimum atomic E-state index is 0.381. The average Bonchev–Trinajstić information content (AvgIpc) is 2.07. The van der Waals surface area contributed by atoms with Gasteiger partial charge >= 0.3 is 0 Å². The fraction of sp³-hybridized carbons (Fsp3) is 0.125. The second kappa shape index (κ2) is 4.11. The maximum Gasteiger partial charge on any atom is 0.146 e. The zero-order valence-electron chi connectivity index (χ0n) is 6.50. The Morgan fingerprint density at radius 1 is 1.50 bits per heavy atom. The van der Waals surface area contributed by atoms with Crippen LogP contribution in [-0.2, 0) is 0 Å². The van der Waals surface area contributed by atoms with E-state index < -0.39 is 0 Å². The summed E-state index contributed by atoms with van der Waals surface area (Å²) in [6.45, 7) is 0. The molecule has 1 aromatic heterocycles. The standard InChI is InChI=1S/C8H10BrN3/c9-3-1-2-6-4-7(10)8(11)12-5-6/h1-2,4-5H,3,10H2,(H2,11,12). The maximum atomic E-state index is 5.56. The number of nitrogens with two attached hydrogens (primary N) is 2. The number of halogens is 1.